The Labute approximate surface area is 151 Å². The number of hydrogen-bond acceptors (Lipinski definition) is 3. The molecule has 2 amide bonds. The van der Waals surface area contributed by atoms with E-state index in [0.29, 0.717) is 29.5 Å². The highest BCUT2D eigenvalue weighted by molar-refractivity contribution is 6.60. The molecule has 0 fully saturated rings. The maximum atomic E-state index is 12.8. The van der Waals surface area contributed by atoms with Crippen LogP contribution in [-0.2, 0) is 9.59 Å². The van der Waals surface area contributed by atoms with E-state index in [4.69, 9.17) is 16.3 Å². The van der Waals surface area contributed by atoms with E-state index in [9.17, 15) is 9.59 Å². The van der Waals surface area contributed by atoms with Crippen LogP contribution < -0.4 is 9.64 Å². The van der Waals surface area contributed by atoms with Crippen molar-refractivity contribution in [2.75, 3.05) is 11.5 Å². The molecule has 0 spiro atoms. The van der Waals surface area contributed by atoms with E-state index in [1.807, 2.05) is 6.07 Å². The first-order chi connectivity index (χ1) is 12.0. The summed E-state index contributed by atoms with van der Waals surface area (Å²) in [5, 5.41) is -0.0589. The van der Waals surface area contributed by atoms with Gasteiger partial charge < -0.3 is 4.74 Å². The van der Waals surface area contributed by atoms with Gasteiger partial charge in [-0.3, -0.25) is 9.59 Å². The van der Waals surface area contributed by atoms with Gasteiger partial charge in [-0.15, -0.1) is 0 Å². The number of benzene rings is 2. The number of rotatable bonds is 5. The molecule has 5 heteroatoms. The van der Waals surface area contributed by atoms with Crippen molar-refractivity contribution in [3.63, 3.8) is 0 Å². The molecule has 1 aliphatic rings. The Morgan fingerprint density at radius 3 is 2.20 bits per heavy atom. The summed E-state index contributed by atoms with van der Waals surface area (Å²) in [6.45, 7) is 4.73. The molecule has 3 rings (SSSR count). The minimum atomic E-state index is -0.513. The first-order valence-electron chi connectivity index (χ1n) is 8.06. The maximum absolute atomic E-state index is 12.8. The number of anilines is 1. The summed E-state index contributed by atoms with van der Waals surface area (Å²) in [6.07, 6.45) is 0. The average Bonchev–Trinajstić information content (AvgIpc) is 2.83. The van der Waals surface area contributed by atoms with E-state index in [1.54, 1.807) is 48.5 Å². The highest BCUT2D eigenvalue weighted by Gasteiger charge is 2.39. The summed E-state index contributed by atoms with van der Waals surface area (Å²) in [4.78, 5) is 26.3. The Morgan fingerprint density at radius 1 is 0.960 bits per heavy atom. The normalized spacial score (nSPS) is 14.6. The van der Waals surface area contributed by atoms with Crippen LogP contribution in [0, 0.1) is 5.92 Å². The van der Waals surface area contributed by atoms with Crippen LogP contribution >= 0.6 is 11.6 Å². The van der Waals surface area contributed by atoms with Crippen LogP contribution in [0.15, 0.2) is 59.6 Å². The minimum absolute atomic E-state index is 0.0589. The van der Waals surface area contributed by atoms with Crippen molar-refractivity contribution in [2.45, 2.75) is 13.8 Å². The average molecular weight is 356 g/mol. The molecular weight excluding hydrogens is 338 g/mol. The molecular formula is C20H18ClNO3. The molecule has 25 heavy (non-hydrogen) atoms. The molecule has 0 atom stereocenters. The Balaban J connectivity index is 1.85. The Kier molecular flexibility index (Phi) is 4.91. The van der Waals surface area contributed by atoms with Crippen molar-refractivity contribution in [2.24, 2.45) is 5.92 Å². The molecule has 128 valence electrons. The molecule has 0 N–H and O–H groups in total. The first-order valence-corrected chi connectivity index (χ1v) is 8.43. The zero-order valence-corrected chi connectivity index (χ0v) is 14.8. The molecule has 2 aromatic rings. The number of amides is 2. The van der Waals surface area contributed by atoms with E-state index >= 15 is 0 Å². The molecule has 0 unspecified atom stereocenters. The molecule has 0 radical (unpaired) electrons. The van der Waals surface area contributed by atoms with Gasteiger partial charge in [0.15, 0.2) is 0 Å². The van der Waals surface area contributed by atoms with Crippen molar-refractivity contribution >= 4 is 34.7 Å². The van der Waals surface area contributed by atoms with Crippen LogP contribution in [0.2, 0.25) is 0 Å². The highest BCUT2D eigenvalue weighted by Crippen LogP contribution is 2.35. The van der Waals surface area contributed by atoms with Gasteiger partial charge in [-0.05, 0) is 35.7 Å². The fourth-order valence-electron chi connectivity index (χ4n) is 2.55. The Morgan fingerprint density at radius 2 is 1.60 bits per heavy atom. The van der Waals surface area contributed by atoms with Crippen LogP contribution in [0.1, 0.15) is 19.4 Å². The second-order valence-electron chi connectivity index (χ2n) is 6.20. The van der Waals surface area contributed by atoms with Gasteiger partial charge in [0.25, 0.3) is 11.8 Å². The lowest BCUT2D eigenvalue weighted by molar-refractivity contribution is -0.119. The van der Waals surface area contributed by atoms with E-state index < -0.39 is 11.8 Å². The summed E-state index contributed by atoms with van der Waals surface area (Å²) >= 11 is 6.16. The lowest BCUT2D eigenvalue weighted by atomic mass is 10.1. The van der Waals surface area contributed by atoms with Crippen LogP contribution in [0.5, 0.6) is 5.75 Å². The summed E-state index contributed by atoms with van der Waals surface area (Å²) in [7, 11) is 0. The van der Waals surface area contributed by atoms with Crippen LogP contribution in [-0.4, -0.2) is 18.4 Å². The lowest BCUT2D eigenvalue weighted by Crippen LogP contribution is -2.31. The third-order valence-electron chi connectivity index (χ3n) is 3.77. The van der Waals surface area contributed by atoms with Crippen LogP contribution in [0.4, 0.5) is 5.69 Å². The summed E-state index contributed by atoms with van der Waals surface area (Å²) in [6, 6.07) is 15.8. The summed E-state index contributed by atoms with van der Waals surface area (Å²) in [5.41, 5.74) is 1.33. The molecule has 0 saturated carbocycles. The third-order valence-corrected chi connectivity index (χ3v) is 4.12. The van der Waals surface area contributed by atoms with Crippen molar-refractivity contribution in [3.8, 4) is 5.75 Å². The highest BCUT2D eigenvalue weighted by atomic mass is 35.5. The van der Waals surface area contributed by atoms with E-state index in [0.717, 1.165) is 4.90 Å². The number of hydrogen-bond donors (Lipinski definition) is 0. The molecule has 0 bridgehead atoms. The lowest BCUT2D eigenvalue weighted by Gasteiger charge is -2.16. The van der Waals surface area contributed by atoms with Crippen molar-refractivity contribution in [1.29, 1.82) is 0 Å². The molecule has 1 aliphatic heterocycles. The number of carbonyl (C=O) groups is 2. The van der Waals surface area contributed by atoms with Gasteiger partial charge in [-0.25, -0.2) is 4.90 Å². The molecule has 2 aromatic carbocycles. The standard InChI is InChI=1S/C20H18ClNO3/c1-13(2)12-25-16-10-8-15(9-11-16)22-19(23)17(18(21)20(22)24)14-6-4-3-5-7-14/h3-11,13H,12H2,1-2H3. The Hall–Kier alpha value is -2.59. The zero-order valence-electron chi connectivity index (χ0n) is 14.0. The number of imide groups is 1. The predicted molar refractivity (Wildman–Crippen MR) is 98.5 cm³/mol. The van der Waals surface area contributed by atoms with Gasteiger partial charge in [0.05, 0.1) is 17.9 Å². The molecule has 4 nitrogen and oxygen atoms in total. The second-order valence-corrected chi connectivity index (χ2v) is 6.58. The number of carbonyl (C=O) groups excluding carboxylic acids is 2. The predicted octanol–water partition coefficient (Wildman–Crippen LogP) is 4.24. The van der Waals surface area contributed by atoms with Crippen molar-refractivity contribution in [1.82, 2.24) is 0 Å². The van der Waals surface area contributed by atoms with Crippen LogP contribution in [0.25, 0.3) is 5.57 Å². The van der Waals surface area contributed by atoms with Gasteiger partial charge >= 0.3 is 0 Å². The zero-order chi connectivity index (χ0) is 18.0. The van der Waals surface area contributed by atoms with Gasteiger partial charge in [-0.2, -0.15) is 0 Å². The summed E-state index contributed by atoms with van der Waals surface area (Å²) in [5.74, 6) is 0.176. The van der Waals surface area contributed by atoms with Crippen molar-refractivity contribution < 1.29 is 14.3 Å². The van der Waals surface area contributed by atoms with E-state index in [-0.39, 0.29) is 10.6 Å². The van der Waals surface area contributed by atoms with Crippen molar-refractivity contribution in [3.05, 3.63) is 65.2 Å². The number of halogens is 1. The Bertz CT molecular complexity index is 826. The monoisotopic (exact) mass is 355 g/mol. The number of nitrogens with zero attached hydrogens (tertiary/aromatic N) is 1. The SMILES string of the molecule is CC(C)COc1ccc(N2C(=O)C(Cl)=C(c3ccccc3)C2=O)cc1. The van der Waals surface area contributed by atoms with E-state index in [1.165, 1.54) is 0 Å². The summed E-state index contributed by atoms with van der Waals surface area (Å²) < 4.78 is 5.63. The smallest absolute Gasteiger partial charge is 0.277 e. The topological polar surface area (TPSA) is 46.6 Å². The van der Waals surface area contributed by atoms with E-state index in [2.05, 4.69) is 13.8 Å². The molecule has 1 heterocycles. The fraction of sp³-hybridized carbons (Fsp3) is 0.200. The van der Waals surface area contributed by atoms with Crippen LogP contribution in [0.3, 0.4) is 0 Å². The molecule has 0 saturated heterocycles. The minimum Gasteiger partial charge on any atom is -0.493 e. The van der Waals surface area contributed by atoms with Gasteiger partial charge in [-0.1, -0.05) is 55.8 Å². The first kappa shape index (κ1) is 17.2. The van der Waals surface area contributed by atoms with Gasteiger partial charge in [0.1, 0.15) is 10.8 Å². The third kappa shape index (κ3) is 3.44. The quantitative estimate of drug-likeness (QED) is 0.753. The molecule has 0 aliphatic carbocycles. The van der Waals surface area contributed by atoms with Gasteiger partial charge in [0.2, 0.25) is 0 Å². The van der Waals surface area contributed by atoms with Gasteiger partial charge in [0, 0.05) is 0 Å². The number of ether oxygens (including phenoxy) is 1. The maximum Gasteiger partial charge on any atom is 0.277 e. The fourth-order valence-corrected chi connectivity index (χ4v) is 2.82. The largest absolute Gasteiger partial charge is 0.493 e. The molecule has 0 aromatic heterocycles. The second kappa shape index (κ2) is 7.11.